The average Bonchev–Trinajstić information content (AvgIpc) is 3.13. The number of aromatic nitrogens is 1. The summed E-state index contributed by atoms with van der Waals surface area (Å²) in [5, 5.41) is 11.1. The number of carboxylic acid groups (broad SMARTS) is 1. The molecule has 0 aliphatic rings. The highest BCUT2D eigenvalue weighted by atomic mass is 32.1. The van der Waals surface area contributed by atoms with E-state index in [-0.39, 0.29) is 5.69 Å². The topological polar surface area (TPSA) is 68.7 Å². The van der Waals surface area contributed by atoms with Gasteiger partial charge < -0.3 is 14.6 Å². The number of ether oxygens (including phenoxy) is 2. The Morgan fingerprint density at radius 1 is 1.16 bits per heavy atom. The van der Waals surface area contributed by atoms with Gasteiger partial charge in [0.15, 0.2) is 17.2 Å². The van der Waals surface area contributed by atoms with Crippen molar-refractivity contribution in [3.05, 3.63) is 65.2 Å². The van der Waals surface area contributed by atoms with Gasteiger partial charge in [-0.15, -0.1) is 11.3 Å². The summed E-state index contributed by atoms with van der Waals surface area (Å²) in [4.78, 5) is 15.1. The van der Waals surface area contributed by atoms with Gasteiger partial charge in [0.25, 0.3) is 0 Å². The minimum Gasteiger partial charge on any atom is -0.493 e. The van der Waals surface area contributed by atoms with Crippen molar-refractivity contribution in [2.45, 2.75) is 6.42 Å². The Balaban J connectivity index is 1.71. The number of rotatable bonds is 7. The van der Waals surface area contributed by atoms with Gasteiger partial charge in [-0.05, 0) is 23.8 Å². The summed E-state index contributed by atoms with van der Waals surface area (Å²) in [6.07, 6.45) is 0.806. The number of carboxylic acids is 1. The summed E-state index contributed by atoms with van der Waals surface area (Å²) in [5.41, 5.74) is 2.05. The summed E-state index contributed by atoms with van der Waals surface area (Å²) < 4.78 is 11.2. The second-order valence-electron chi connectivity index (χ2n) is 5.29. The lowest BCUT2D eigenvalue weighted by molar-refractivity contribution is 0.0691. The van der Waals surface area contributed by atoms with Crippen molar-refractivity contribution in [3.63, 3.8) is 0 Å². The Morgan fingerprint density at radius 3 is 2.64 bits per heavy atom. The molecule has 0 saturated heterocycles. The van der Waals surface area contributed by atoms with Crippen LogP contribution < -0.4 is 9.47 Å². The van der Waals surface area contributed by atoms with Crippen LogP contribution in [-0.4, -0.2) is 29.8 Å². The number of hydrogen-bond acceptors (Lipinski definition) is 5. The zero-order chi connectivity index (χ0) is 17.6. The van der Waals surface area contributed by atoms with Gasteiger partial charge in [0, 0.05) is 17.4 Å². The molecule has 25 heavy (non-hydrogen) atoms. The van der Waals surface area contributed by atoms with Crippen LogP contribution in [0.25, 0.3) is 10.6 Å². The molecule has 1 aromatic heterocycles. The van der Waals surface area contributed by atoms with E-state index in [0.717, 1.165) is 12.0 Å². The highest BCUT2D eigenvalue weighted by Crippen LogP contribution is 2.33. The molecule has 0 saturated carbocycles. The minimum absolute atomic E-state index is 0.0437. The summed E-state index contributed by atoms with van der Waals surface area (Å²) in [5.74, 6) is 0.213. The first kappa shape index (κ1) is 17.0. The Morgan fingerprint density at radius 2 is 1.96 bits per heavy atom. The third-order valence-electron chi connectivity index (χ3n) is 3.63. The number of methoxy groups -OCH3 is 1. The van der Waals surface area contributed by atoms with Crippen molar-refractivity contribution < 1.29 is 19.4 Å². The Labute approximate surface area is 149 Å². The molecule has 3 aromatic rings. The molecule has 0 amide bonds. The maximum atomic E-state index is 11.0. The number of benzene rings is 2. The lowest BCUT2D eigenvalue weighted by atomic mass is 10.2. The second kappa shape index (κ2) is 7.81. The van der Waals surface area contributed by atoms with Gasteiger partial charge in [-0.2, -0.15) is 0 Å². The van der Waals surface area contributed by atoms with Gasteiger partial charge in [0.2, 0.25) is 0 Å². The van der Waals surface area contributed by atoms with Crippen LogP contribution in [-0.2, 0) is 6.42 Å². The van der Waals surface area contributed by atoms with E-state index < -0.39 is 5.97 Å². The summed E-state index contributed by atoms with van der Waals surface area (Å²) >= 11 is 1.28. The van der Waals surface area contributed by atoms with Crippen LogP contribution in [0, 0.1) is 0 Å². The van der Waals surface area contributed by atoms with E-state index >= 15 is 0 Å². The Kier molecular flexibility index (Phi) is 5.30. The lowest BCUT2D eigenvalue weighted by Gasteiger charge is -2.11. The third-order valence-corrected chi connectivity index (χ3v) is 4.52. The maximum absolute atomic E-state index is 11.0. The van der Waals surface area contributed by atoms with Crippen LogP contribution in [0.5, 0.6) is 11.5 Å². The molecule has 1 N–H and O–H groups in total. The number of hydrogen-bond donors (Lipinski definition) is 1. The molecule has 3 rings (SSSR count). The first-order valence-corrected chi connectivity index (χ1v) is 8.59. The van der Waals surface area contributed by atoms with E-state index in [1.54, 1.807) is 7.11 Å². The molecule has 5 nitrogen and oxygen atoms in total. The number of carbonyl (C=O) groups is 1. The second-order valence-corrected chi connectivity index (χ2v) is 6.15. The summed E-state index contributed by atoms with van der Waals surface area (Å²) in [6, 6.07) is 15.6. The zero-order valence-corrected chi connectivity index (χ0v) is 14.5. The van der Waals surface area contributed by atoms with Crippen molar-refractivity contribution in [2.24, 2.45) is 0 Å². The fraction of sp³-hybridized carbons (Fsp3) is 0.158. The Hall–Kier alpha value is -2.86. The van der Waals surface area contributed by atoms with Crippen molar-refractivity contribution in [1.29, 1.82) is 0 Å². The largest absolute Gasteiger partial charge is 0.493 e. The van der Waals surface area contributed by atoms with Crippen molar-refractivity contribution in [3.8, 4) is 22.1 Å². The van der Waals surface area contributed by atoms with Crippen LogP contribution in [0.15, 0.2) is 53.9 Å². The summed E-state index contributed by atoms with van der Waals surface area (Å²) in [6.45, 7) is 0.542. The van der Waals surface area contributed by atoms with Crippen LogP contribution in [0.2, 0.25) is 0 Å². The highest BCUT2D eigenvalue weighted by molar-refractivity contribution is 7.13. The molecule has 6 heteroatoms. The molecule has 2 aromatic carbocycles. The molecule has 0 radical (unpaired) electrons. The number of thiazole rings is 1. The van der Waals surface area contributed by atoms with Gasteiger partial charge in [-0.1, -0.05) is 30.3 Å². The summed E-state index contributed by atoms with van der Waals surface area (Å²) in [7, 11) is 1.58. The van der Waals surface area contributed by atoms with E-state index in [2.05, 4.69) is 17.1 Å². The van der Waals surface area contributed by atoms with E-state index in [0.29, 0.717) is 23.1 Å². The molecule has 0 atom stereocenters. The van der Waals surface area contributed by atoms with Crippen molar-refractivity contribution >= 4 is 17.3 Å². The molecule has 128 valence electrons. The zero-order valence-electron chi connectivity index (χ0n) is 13.6. The Bertz CT molecular complexity index is 861. The molecular weight excluding hydrogens is 338 g/mol. The van der Waals surface area contributed by atoms with E-state index in [4.69, 9.17) is 14.6 Å². The molecule has 0 bridgehead atoms. The van der Waals surface area contributed by atoms with E-state index in [9.17, 15) is 4.79 Å². The molecular formula is C19H17NO4S. The number of nitrogens with zero attached hydrogens (tertiary/aromatic N) is 1. The fourth-order valence-corrected chi connectivity index (χ4v) is 3.14. The molecule has 0 unspecified atom stereocenters. The number of aromatic carboxylic acids is 1. The molecule has 0 aliphatic heterocycles. The van der Waals surface area contributed by atoms with Crippen LogP contribution in [0.4, 0.5) is 0 Å². The average molecular weight is 355 g/mol. The maximum Gasteiger partial charge on any atom is 0.355 e. The van der Waals surface area contributed by atoms with E-state index in [1.165, 1.54) is 22.3 Å². The molecule has 1 heterocycles. The SMILES string of the molecule is COc1cc(-c2nc(C(=O)O)cs2)ccc1OCCc1ccccc1. The molecule has 0 fully saturated rings. The minimum atomic E-state index is -1.03. The monoisotopic (exact) mass is 355 g/mol. The van der Waals surface area contributed by atoms with Crippen LogP contribution >= 0.6 is 11.3 Å². The highest BCUT2D eigenvalue weighted by Gasteiger charge is 2.13. The van der Waals surface area contributed by atoms with Gasteiger partial charge in [-0.3, -0.25) is 0 Å². The quantitative estimate of drug-likeness (QED) is 0.690. The molecule has 0 spiro atoms. The van der Waals surface area contributed by atoms with Crippen LogP contribution in [0.1, 0.15) is 16.1 Å². The van der Waals surface area contributed by atoms with Gasteiger partial charge in [-0.25, -0.2) is 9.78 Å². The standard InChI is InChI=1S/C19H17NO4S/c1-23-17-11-14(18-20-15(12-25-18)19(21)22)7-8-16(17)24-10-9-13-5-3-2-4-6-13/h2-8,11-12H,9-10H2,1H3,(H,21,22). The van der Waals surface area contributed by atoms with E-state index in [1.807, 2.05) is 36.4 Å². The van der Waals surface area contributed by atoms with Gasteiger partial charge >= 0.3 is 5.97 Å². The normalized spacial score (nSPS) is 10.4. The van der Waals surface area contributed by atoms with Gasteiger partial charge in [0.05, 0.1) is 13.7 Å². The van der Waals surface area contributed by atoms with Crippen LogP contribution in [0.3, 0.4) is 0 Å². The lowest BCUT2D eigenvalue weighted by Crippen LogP contribution is -2.02. The third kappa shape index (κ3) is 4.16. The fourth-order valence-electron chi connectivity index (χ4n) is 2.35. The van der Waals surface area contributed by atoms with Gasteiger partial charge in [0.1, 0.15) is 5.01 Å². The predicted octanol–water partition coefficient (Wildman–Crippen LogP) is 4.14. The van der Waals surface area contributed by atoms with Crippen molar-refractivity contribution in [1.82, 2.24) is 4.98 Å². The first-order chi connectivity index (χ1) is 12.2. The predicted molar refractivity (Wildman–Crippen MR) is 96.7 cm³/mol. The smallest absolute Gasteiger partial charge is 0.355 e. The molecule has 0 aliphatic carbocycles. The first-order valence-electron chi connectivity index (χ1n) is 7.71. The van der Waals surface area contributed by atoms with Crippen molar-refractivity contribution in [2.75, 3.05) is 13.7 Å².